The van der Waals surface area contributed by atoms with Crippen LogP contribution in [0.15, 0.2) is 16.6 Å². The first kappa shape index (κ1) is 10.5. The molecule has 1 aliphatic rings. The second-order valence-electron chi connectivity index (χ2n) is 3.81. The summed E-state index contributed by atoms with van der Waals surface area (Å²) < 4.78 is 6.71. The van der Waals surface area contributed by atoms with Crippen molar-refractivity contribution in [3.8, 4) is 11.8 Å². The Morgan fingerprint density at radius 3 is 3.07 bits per heavy atom. The standard InChI is InChI=1S/C12H12BrNO/c1-8-5-10(13)6-11-9(7-14)3-2-4-15-12(8)11/h5-6,9H,2-4H2,1H3. The molecule has 0 fully saturated rings. The minimum atomic E-state index is -0.0290. The smallest absolute Gasteiger partial charge is 0.126 e. The van der Waals surface area contributed by atoms with Crippen LogP contribution in [0.2, 0.25) is 0 Å². The molecule has 0 amide bonds. The number of rotatable bonds is 0. The number of nitriles is 1. The average Bonchev–Trinajstić information content (AvgIpc) is 2.39. The van der Waals surface area contributed by atoms with Crippen LogP contribution in [0.3, 0.4) is 0 Å². The molecule has 0 N–H and O–H groups in total. The number of hydrogen-bond acceptors (Lipinski definition) is 2. The topological polar surface area (TPSA) is 33.0 Å². The molecule has 1 heterocycles. The van der Waals surface area contributed by atoms with Crippen LogP contribution in [0, 0.1) is 18.3 Å². The molecule has 78 valence electrons. The summed E-state index contributed by atoms with van der Waals surface area (Å²) in [5, 5.41) is 9.12. The maximum atomic E-state index is 9.12. The Kier molecular flexibility index (Phi) is 2.97. The summed E-state index contributed by atoms with van der Waals surface area (Å²) in [6, 6.07) is 6.38. The minimum Gasteiger partial charge on any atom is -0.493 e. The van der Waals surface area contributed by atoms with Crippen molar-refractivity contribution in [1.29, 1.82) is 5.26 Å². The highest BCUT2D eigenvalue weighted by atomic mass is 79.9. The maximum Gasteiger partial charge on any atom is 0.126 e. The average molecular weight is 266 g/mol. The van der Waals surface area contributed by atoms with E-state index in [1.807, 2.05) is 19.1 Å². The number of halogens is 1. The third-order valence-electron chi connectivity index (χ3n) is 2.68. The fourth-order valence-electron chi connectivity index (χ4n) is 1.96. The summed E-state index contributed by atoms with van der Waals surface area (Å²) >= 11 is 3.46. The van der Waals surface area contributed by atoms with Gasteiger partial charge < -0.3 is 4.74 Å². The van der Waals surface area contributed by atoms with E-state index < -0.39 is 0 Å². The van der Waals surface area contributed by atoms with Crippen LogP contribution in [0.1, 0.15) is 29.9 Å². The number of nitrogens with zero attached hydrogens (tertiary/aromatic N) is 1. The van der Waals surface area contributed by atoms with Gasteiger partial charge in [0.05, 0.1) is 18.6 Å². The highest BCUT2D eigenvalue weighted by Crippen LogP contribution is 2.37. The van der Waals surface area contributed by atoms with E-state index in [0.29, 0.717) is 6.61 Å². The number of aryl methyl sites for hydroxylation is 1. The lowest BCUT2D eigenvalue weighted by Gasteiger charge is -2.13. The summed E-state index contributed by atoms with van der Waals surface area (Å²) in [6.45, 7) is 2.73. The van der Waals surface area contributed by atoms with E-state index >= 15 is 0 Å². The molecule has 0 bridgehead atoms. The molecule has 1 atom stereocenters. The first-order valence-electron chi connectivity index (χ1n) is 5.05. The number of hydrogen-bond donors (Lipinski definition) is 0. The van der Waals surface area contributed by atoms with Crippen LogP contribution < -0.4 is 4.74 Å². The van der Waals surface area contributed by atoms with Gasteiger partial charge in [-0.15, -0.1) is 0 Å². The van der Waals surface area contributed by atoms with Crippen molar-refractivity contribution in [2.45, 2.75) is 25.7 Å². The Morgan fingerprint density at radius 2 is 2.33 bits per heavy atom. The van der Waals surface area contributed by atoms with Crippen LogP contribution in [0.25, 0.3) is 0 Å². The van der Waals surface area contributed by atoms with Gasteiger partial charge in [0.15, 0.2) is 0 Å². The fourth-order valence-corrected chi connectivity index (χ4v) is 2.55. The second-order valence-corrected chi connectivity index (χ2v) is 4.73. The van der Waals surface area contributed by atoms with E-state index in [1.54, 1.807) is 0 Å². The van der Waals surface area contributed by atoms with Crippen molar-refractivity contribution >= 4 is 15.9 Å². The van der Waals surface area contributed by atoms with E-state index in [2.05, 4.69) is 22.0 Å². The van der Waals surface area contributed by atoms with Gasteiger partial charge in [0.25, 0.3) is 0 Å². The molecule has 0 saturated carbocycles. The van der Waals surface area contributed by atoms with E-state index in [-0.39, 0.29) is 5.92 Å². The Hall–Kier alpha value is -1.01. The molecule has 1 aliphatic heterocycles. The Balaban J connectivity index is 2.56. The third-order valence-corrected chi connectivity index (χ3v) is 3.14. The van der Waals surface area contributed by atoms with Gasteiger partial charge in [-0.1, -0.05) is 15.9 Å². The SMILES string of the molecule is Cc1cc(Br)cc2c1OCCCC2C#N. The van der Waals surface area contributed by atoms with Gasteiger partial charge in [-0.3, -0.25) is 0 Å². The van der Waals surface area contributed by atoms with Crippen molar-refractivity contribution in [3.63, 3.8) is 0 Å². The summed E-state index contributed by atoms with van der Waals surface area (Å²) in [4.78, 5) is 0. The molecule has 0 spiro atoms. The Bertz CT molecular complexity index is 422. The van der Waals surface area contributed by atoms with Crippen LogP contribution >= 0.6 is 15.9 Å². The van der Waals surface area contributed by atoms with Gasteiger partial charge in [0.1, 0.15) is 5.75 Å². The third kappa shape index (κ3) is 2.00. The van der Waals surface area contributed by atoms with Crippen molar-refractivity contribution in [3.05, 3.63) is 27.7 Å². The molecule has 2 rings (SSSR count). The molecule has 15 heavy (non-hydrogen) atoms. The van der Waals surface area contributed by atoms with Crippen LogP contribution in [0.5, 0.6) is 5.75 Å². The molecule has 1 aromatic carbocycles. The molecule has 2 nitrogen and oxygen atoms in total. The molecular formula is C12H12BrNO. The largest absolute Gasteiger partial charge is 0.493 e. The van der Waals surface area contributed by atoms with Gasteiger partial charge in [-0.2, -0.15) is 5.26 Å². The van der Waals surface area contributed by atoms with Crippen LogP contribution in [0.4, 0.5) is 0 Å². The summed E-state index contributed by atoms with van der Waals surface area (Å²) in [5.74, 6) is 0.876. The van der Waals surface area contributed by atoms with E-state index in [4.69, 9.17) is 10.00 Å². The molecule has 1 aromatic rings. The van der Waals surface area contributed by atoms with Gasteiger partial charge in [-0.25, -0.2) is 0 Å². The molecule has 0 saturated heterocycles. The first-order chi connectivity index (χ1) is 7.22. The normalized spacial score (nSPS) is 19.7. The van der Waals surface area contributed by atoms with Gasteiger partial charge in [0, 0.05) is 10.0 Å². The van der Waals surface area contributed by atoms with Crippen LogP contribution in [-0.4, -0.2) is 6.61 Å². The van der Waals surface area contributed by atoms with Crippen molar-refractivity contribution in [1.82, 2.24) is 0 Å². The Morgan fingerprint density at radius 1 is 1.53 bits per heavy atom. The molecule has 0 aromatic heterocycles. The van der Waals surface area contributed by atoms with Crippen molar-refractivity contribution in [2.75, 3.05) is 6.61 Å². The zero-order chi connectivity index (χ0) is 10.8. The fraction of sp³-hybridized carbons (Fsp3) is 0.417. The predicted molar refractivity (Wildman–Crippen MR) is 62.0 cm³/mol. The van der Waals surface area contributed by atoms with Crippen molar-refractivity contribution in [2.24, 2.45) is 0 Å². The summed E-state index contributed by atoms with van der Waals surface area (Å²) in [6.07, 6.45) is 1.84. The molecule has 1 unspecified atom stereocenters. The van der Waals surface area contributed by atoms with Gasteiger partial charge in [-0.05, 0) is 37.5 Å². The lowest BCUT2D eigenvalue weighted by molar-refractivity contribution is 0.314. The van der Waals surface area contributed by atoms with E-state index in [1.165, 1.54) is 0 Å². The van der Waals surface area contributed by atoms with Crippen LogP contribution in [-0.2, 0) is 0 Å². The number of fused-ring (bicyclic) bond motifs is 1. The lowest BCUT2D eigenvalue weighted by atomic mass is 9.94. The van der Waals surface area contributed by atoms with E-state index in [0.717, 1.165) is 34.2 Å². The molecular weight excluding hydrogens is 254 g/mol. The second kappa shape index (κ2) is 4.24. The summed E-state index contributed by atoms with van der Waals surface area (Å²) in [7, 11) is 0. The molecule has 0 radical (unpaired) electrons. The predicted octanol–water partition coefficient (Wildman–Crippen LogP) is 3.54. The maximum absolute atomic E-state index is 9.12. The zero-order valence-corrected chi connectivity index (χ0v) is 10.2. The molecule has 0 aliphatic carbocycles. The van der Waals surface area contributed by atoms with E-state index in [9.17, 15) is 0 Å². The first-order valence-corrected chi connectivity index (χ1v) is 5.84. The van der Waals surface area contributed by atoms with Gasteiger partial charge in [0.2, 0.25) is 0 Å². The zero-order valence-electron chi connectivity index (χ0n) is 8.59. The summed E-state index contributed by atoms with van der Waals surface area (Å²) in [5.41, 5.74) is 2.13. The highest BCUT2D eigenvalue weighted by Gasteiger charge is 2.21. The monoisotopic (exact) mass is 265 g/mol. The van der Waals surface area contributed by atoms with Gasteiger partial charge >= 0.3 is 0 Å². The Labute approximate surface area is 98.0 Å². The minimum absolute atomic E-state index is 0.0290. The number of benzene rings is 1. The molecule has 3 heteroatoms. The highest BCUT2D eigenvalue weighted by molar-refractivity contribution is 9.10. The quantitative estimate of drug-likeness (QED) is 0.719. The number of ether oxygens (including phenoxy) is 1. The lowest BCUT2D eigenvalue weighted by Crippen LogP contribution is -1.98. The van der Waals surface area contributed by atoms with Crippen molar-refractivity contribution < 1.29 is 4.74 Å².